The van der Waals surface area contributed by atoms with Gasteiger partial charge in [0.1, 0.15) is 5.75 Å². The molecule has 1 aliphatic rings. The van der Waals surface area contributed by atoms with Gasteiger partial charge < -0.3 is 9.64 Å². The third-order valence-electron chi connectivity index (χ3n) is 5.94. The highest BCUT2D eigenvalue weighted by Crippen LogP contribution is 2.28. The molecule has 0 amide bonds. The third kappa shape index (κ3) is 5.96. The largest absolute Gasteiger partial charge is 0.573 e. The number of anilines is 1. The summed E-state index contributed by atoms with van der Waals surface area (Å²) in [5, 5.41) is 2.90. The van der Waals surface area contributed by atoms with Crippen LogP contribution < -0.4 is 9.64 Å². The Kier molecular flexibility index (Phi) is 7.12. The van der Waals surface area contributed by atoms with Crippen molar-refractivity contribution in [3.63, 3.8) is 0 Å². The number of alkyl halides is 3. The number of hydrogen-bond donors (Lipinski definition) is 0. The second kappa shape index (κ2) is 9.79. The molecule has 2 heterocycles. The molecule has 11 heteroatoms. The maximum atomic E-state index is 13.0. The van der Waals surface area contributed by atoms with Crippen molar-refractivity contribution in [1.29, 1.82) is 0 Å². The molecule has 2 aromatic carbocycles. The van der Waals surface area contributed by atoms with Gasteiger partial charge in [0.15, 0.2) is 5.13 Å². The lowest BCUT2D eigenvalue weighted by Gasteiger charge is -2.33. The van der Waals surface area contributed by atoms with Gasteiger partial charge in [-0.1, -0.05) is 17.7 Å². The van der Waals surface area contributed by atoms with Gasteiger partial charge in [-0.15, -0.1) is 24.5 Å². The number of piperazine rings is 1. The van der Waals surface area contributed by atoms with Gasteiger partial charge in [-0.25, -0.2) is 13.4 Å². The number of aryl methyl sites for hydroxylation is 3. The quantitative estimate of drug-likeness (QED) is 0.450. The third-order valence-corrected chi connectivity index (χ3v) is 8.81. The molecule has 0 bridgehead atoms. The molecule has 0 aliphatic carbocycles. The number of sulfonamides is 1. The van der Waals surface area contributed by atoms with Crippen molar-refractivity contribution in [3.05, 3.63) is 69.7 Å². The number of ether oxygens (including phenoxy) is 1. The number of thiazole rings is 1. The number of nitrogens with zero attached hydrogens (tertiary/aromatic N) is 3. The van der Waals surface area contributed by atoms with Crippen LogP contribution in [0.4, 0.5) is 18.3 Å². The zero-order valence-corrected chi connectivity index (χ0v) is 21.2. The van der Waals surface area contributed by atoms with E-state index in [1.807, 2.05) is 5.38 Å². The summed E-state index contributed by atoms with van der Waals surface area (Å²) in [7, 11) is -3.82. The number of benzene rings is 2. The van der Waals surface area contributed by atoms with E-state index >= 15 is 0 Å². The van der Waals surface area contributed by atoms with Crippen LogP contribution in [-0.2, 0) is 16.4 Å². The molecule has 188 valence electrons. The molecule has 6 nitrogen and oxygen atoms in total. The van der Waals surface area contributed by atoms with Crippen molar-refractivity contribution in [3.8, 4) is 5.75 Å². The fourth-order valence-corrected chi connectivity index (χ4v) is 6.58. The fraction of sp³-hybridized carbons (Fsp3) is 0.375. The van der Waals surface area contributed by atoms with E-state index in [0.29, 0.717) is 13.1 Å². The van der Waals surface area contributed by atoms with Crippen LogP contribution in [0.5, 0.6) is 5.75 Å². The minimum Gasteiger partial charge on any atom is -0.406 e. The van der Waals surface area contributed by atoms with E-state index in [4.69, 9.17) is 4.98 Å². The van der Waals surface area contributed by atoms with Gasteiger partial charge in [-0.05, 0) is 61.7 Å². The summed E-state index contributed by atoms with van der Waals surface area (Å²) in [6.07, 6.45) is -4.08. The predicted molar refractivity (Wildman–Crippen MR) is 130 cm³/mol. The summed E-state index contributed by atoms with van der Waals surface area (Å²) in [6, 6.07) is 8.62. The first kappa shape index (κ1) is 25.5. The molecule has 0 radical (unpaired) electrons. The van der Waals surface area contributed by atoms with Gasteiger partial charge in [0, 0.05) is 38.0 Å². The SMILES string of the molecule is Cc1cc(C)c(Cc2csc(N3CCN(S(=O)(=O)c4ccc(OC(F)(F)F)cc4)CC3)n2)c(C)c1. The van der Waals surface area contributed by atoms with Crippen molar-refractivity contribution in [2.45, 2.75) is 38.4 Å². The molecular weight excluding hydrogens is 499 g/mol. The molecule has 0 N–H and O–H groups in total. The molecular formula is C24H26F3N3O3S2. The molecule has 3 aromatic rings. The molecule has 0 saturated carbocycles. The van der Waals surface area contributed by atoms with Crippen LogP contribution in [0.2, 0.25) is 0 Å². The lowest BCUT2D eigenvalue weighted by Crippen LogP contribution is -2.48. The van der Waals surface area contributed by atoms with Gasteiger partial charge in [-0.2, -0.15) is 4.31 Å². The molecule has 35 heavy (non-hydrogen) atoms. The Hall–Kier alpha value is -2.63. The van der Waals surface area contributed by atoms with Crippen molar-refractivity contribution in [2.75, 3.05) is 31.1 Å². The number of aromatic nitrogens is 1. The van der Waals surface area contributed by atoms with Crippen LogP contribution in [0.15, 0.2) is 46.7 Å². The zero-order valence-electron chi connectivity index (χ0n) is 19.6. The van der Waals surface area contributed by atoms with E-state index in [2.05, 4.69) is 42.5 Å². The van der Waals surface area contributed by atoms with E-state index in [1.165, 1.54) is 26.6 Å². The van der Waals surface area contributed by atoms with Crippen molar-refractivity contribution in [2.24, 2.45) is 0 Å². The zero-order chi connectivity index (χ0) is 25.4. The molecule has 0 unspecified atom stereocenters. The van der Waals surface area contributed by atoms with Crippen LogP contribution in [-0.4, -0.2) is 50.2 Å². The van der Waals surface area contributed by atoms with E-state index in [9.17, 15) is 21.6 Å². The van der Waals surface area contributed by atoms with Crippen LogP contribution >= 0.6 is 11.3 Å². The van der Waals surface area contributed by atoms with Crippen molar-refractivity contribution < 1.29 is 26.3 Å². The molecule has 0 spiro atoms. The van der Waals surface area contributed by atoms with Gasteiger partial charge in [0.05, 0.1) is 10.6 Å². The normalized spacial score (nSPS) is 15.4. The minimum absolute atomic E-state index is 0.0687. The molecule has 1 saturated heterocycles. The number of rotatable bonds is 6. The van der Waals surface area contributed by atoms with Crippen LogP contribution in [0.3, 0.4) is 0 Å². The van der Waals surface area contributed by atoms with Gasteiger partial charge in [0.2, 0.25) is 10.0 Å². The average molecular weight is 526 g/mol. The monoisotopic (exact) mass is 525 g/mol. The van der Waals surface area contributed by atoms with Crippen molar-refractivity contribution in [1.82, 2.24) is 9.29 Å². The number of hydrogen-bond acceptors (Lipinski definition) is 6. The predicted octanol–water partition coefficient (Wildman–Crippen LogP) is 5.07. The van der Waals surface area contributed by atoms with E-state index < -0.39 is 22.1 Å². The first-order chi connectivity index (χ1) is 16.4. The van der Waals surface area contributed by atoms with Gasteiger partial charge in [0.25, 0.3) is 0 Å². The lowest BCUT2D eigenvalue weighted by molar-refractivity contribution is -0.274. The second-order valence-corrected chi connectivity index (χ2v) is 11.4. The van der Waals surface area contributed by atoms with Crippen molar-refractivity contribution >= 4 is 26.5 Å². The first-order valence-electron chi connectivity index (χ1n) is 11.0. The highest BCUT2D eigenvalue weighted by molar-refractivity contribution is 7.89. The Labute approximate surface area is 207 Å². The highest BCUT2D eigenvalue weighted by atomic mass is 32.2. The van der Waals surface area contributed by atoms with Crippen LogP contribution in [0, 0.1) is 20.8 Å². The summed E-state index contributed by atoms with van der Waals surface area (Å²) in [4.78, 5) is 6.78. The lowest BCUT2D eigenvalue weighted by atomic mass is 9.96. The van der Waals surface area contributed by atoms with E-state index in [-0.39, 0.29) is 18.0 Å². The van der Waals surface area contributed by atoms with Crippen LogP contribution in [0.1, 0.15) is 27.9 Å². The Balaban J connectivity index is 1.39. The summed E-state index contributed by atoms with van der Waals surface area (Å²) < 4.78 is 68.1. The Morgan fingerprint density at radius 3 is 2.17 bits per heavy atom. The minimum atomic E-state index is -4.83. The average Bonchev–Trinajstić information content (AvgIpc) is 3.24. The van der Waals surface area contributed by atoms with Crippen LogP contribution in [0.25, 0.3) is 0 Å². The smallest absolute Gasteiger partial charge is 0.406 e. The number of halogens is 3. The maximum Gasteiger partial charge on any atom is 0.573 e. The Morgan fingerprint density at radius 1 is 1.00 bits per heavy atom. The Bertz CT molecular complexity index is 1270. The summed E-state index contributed by atoms with van der Waals surface area (Å²) in [5.41, 5.74) is 5.98. The Morgan fingerprint density at radius 2 is 1.60 bits per heavy atom. The van der Waals surface area contributed by atoms with Gasteiger partial charge >= 0.3 is 6.36 Å². The molecule has 1 aliphatic heterocycles. The first-order valence-corrected chi connectivity index (χ1v) is 13.4. The standard InChI is InChI=1S/C24H26F3N3O3S2/c1-16-12-17(2)22(18(3)13-16)14-19-15-34-23(28-19)29-8-10-30(11-9-29)35(31,32)21-6-4-20(5-7-21)33-24(25,26)27/h4-7,12-13,15H,8-11,14H2,1-3H3. The van der Waals surface area contributed by atoms with Gasteiger partial charge in [-0.3, -0.25) is 0 Å². The molecule has 0 atom stereocenters. The topological polar surface area (TPSA) is 62.7 Å². The highest BCUT2D eigenvalue weighted by Gasteiger charge is 2.32. The van der Waals surface area contributed by atoms with E-state index in [0.717, 1.165) is 41.5 Å². The maximum absolute atomic E-state index is 13.0. The fourth-order valence-electron chi connectivity index (χ4n) is 4.27. The second-order valence-electron chi connectivity index (χ2n) is 8.59. The van der Waals surface area contributed by atoms with E-state index in [1.54, 1.807) is 11.3 Å². The summed E-state index contributed by atoms with van der Waals surface area (Å²) in [6.45, 7) is 7.77. The summed E-state index contributed by atoms with van der Waals surface area (Å²) >= 11 is 1.54. The molecule has 1 fully saturated rings. The molecule has 4 rings (SSSR count). The molecule has 1 aromatic heterocycles. The summed E-state index contributed by atoms with van der Waals surface area (Å²) in [5.74, 6) is -0.461.